The Labute approximate surface area is 433 Å². The van der Waals surface area contributed by atoms with Crippen molar-refractivity contribution in [1.29, 1.82) is 0 Å². The summed E-state index contributed by atoms with van der Waals surface area (Å²) in [5.74, 6) is -0.893. The molecule has 0 fully saturated rings. The van der Waals surface area contributed by atoms with Gasteiger partial charge < -0.3 is 14.2 Å². The molecule has 0 spiro atoms. The molecule has 6 nitrogen and oxygen atoms in total. The molecular formula is C64H112O6. The second kappa shape index (κ2) is 58.4. The predicted octanol–water partition coefficient (Wildman–Crippen LogP) is 20.2. The summed E-state index contributed by atoms with van der Waals surface area (Å²) >= 11 is 0. The number of carbonyl (C=O) groups is 3. The van der Waals surface area contributed by atoms with Crippen molar-refractivity contribution in [3.8, 4) is 0 Å². The summed E-state index contributed by atoms with van der Waals surface area (Å²) in [5.41, 5.74) is 0. The molecule has 6 heteroatoms. The Balaban J connectivity index is 4.40. The summed E-state index contributed by atoms with van der Waals surface area (Å²) in [7, 11) is 0. The van der Waals surface area contributed by atoms with E-state index < -0.39 is 6.10 Å². The highest BCUT2D eigenvalue weighted by Crippen LogP contribution is 2.16. The first kappa shape index (κ1) is 66.9. The maximum absolute atomic E-state index is 12.9. The van der Waals surface area contributed by atoms with Crippen LogP contribution in [0.3, 0.4) is 0 Å². The van der Waals surface area contributed by atoms with E-state index in [1.54, 1.807) is 0 Å². The second-order valence-electron chi connectivity index (χ2n) is 19.9. The number of unbranched alkanes of at least 4 members (excludes halogenated alkanes) is 31. The second-order valence-corrected chi connectivity index (χ2v) is 19.9. The zero-order valence-electron chi connectivity index (χ0n) is 46.3. The lowest BCUT2D eigenvalue weighted by Gasteiger charge is -2.18. The lowest BCUT2D eigenvalue weighted by atomic mass is 10.0. The van der Waals surface area contributed by atoms with Gasteiger partial charge >= 0.3 is 17.9 Å². The van der Waals surface area contributed by atoms with Crippen molar-refractivity contribution in [3.63, 3.8) is 0 Å². The number of rotatable bonds is 54. The summed E-state index contributed by atoms with van der Waals surface area (Å²) in [5, 5.41) is 0. The molecule has 404 valence electrons. The van der Waals surface area contributed by atoms with Gasteiger partial charge in [0.2, 0.25) is 0 Å². The normalized spacial score (nSPS) is 12.6. The summed E-state index contributed by atoms with van der Waals surface area (Å²) in [6, 6.07) is 0. The van der Waals surface area contributed by atoms with Gasteiger partial charge in [0.05, 0.1) is 0 Å². The Hall–Kier alpha value is -3.15. The number of carbonyl (C=O) groups excluding carboxylic acids is 3. The van der Waals surface area contributed by atoms with Crippen molar-refractivity contribution in [3.05, 3.63) is 72.9 Å². The highest BCUT2D eigenvalue weighted by Gasteiger charge is 2.19. The molecule has 0 aromatic heterocycles. The van der Waals surface area contributed by atoms with E-state index in [1.165, 1.54) is 148 Å². The third-order valence-electron chi connectivity index (χ3n) is 12.9. The molecule has 0 amide bonds. The number of ether oxygens (including phenoxy) is 3. The van der Waals surface area contributed by atoms with Crippen LogP contribution in [0.4, 0.5) is 0 Å². The Morgan fingerprint density at radius 1 is 0.300 bits per heavy atom. The molecule has 0 aliphatic rings. The molecule has 0 saturated carbocycles. The summed E-state index contributed by atoms with van der Waals surface area (Å²) < 4.78 is 16.9. The van der Waals surface area contributed by atoms with Gasteiger partial charge in [-0.2, -0.15) is 0 Å². The minimum atomic E-state index is -0.785. The maximum Gasteiger partial charge on any atom is 0.306 e. The van der Waals surface area contributed by atoms with E-state index in [0.717, 1.165) is 109 Å². The summed E-state index contributed by atoms with van der Waals surface area (Å²) in [6.07, 6.45) is 74.6. The fourth-order valence-corrected chi connectivity index (χ4v) is 8.47. The smallest absolute Gasteiger partial charge is 0.306 e. The third-order valence-corrected chi connectivity index (χ3v) is 12.9. The number of hydrogen-bond donors (Lipinski definition) is 0. The van der Waals surface area contributed by atoms with Crippen molar-refractivity contribution < 1.29 is 28.6 Å². The van der Waals surface area contributed by atoms with Crippen LogP contribution < -0.4 is 0 Å². The van der Waals surface area contributed by atoms with Gasteiger partial charge in [-0.15, -0.1) is 0 Å². The van der Waals surface area contributed by atoms with Crippen LogP contribution in [0.1, 0.15) is 297 Å². The fourth-order valence-electron chi connectivity index (χ4n) is 8.47. The lowest BCUT2D eigenvalue weighted by molar-refractivity contribution is -0.167. The molecule has 1 atom stereocenters. The van der Waals surface area contributed by atoms with E-state index >= 15 is 0 Å². The first-order valence-electron chi connectivity index (χ1n) is 29.9. The molecule has 0 radical (unpaired) electrons. The van der Waals surface area contributed by atoms with Crippen molar-refractivity contribution in [2.24, 2.45) is 0 Å². The quantitative estimate of drug-likeness (QED) is 0.0261. The van der Waals surface area contributed by atoms with Gasteiger partial charge in [-0.3, -0.25) is 14.4 Å². The molecule has 1 unspecified atom stereocenters. The lowest BCUT2D eigenvalue weighted by Crippen LogP contribution is -2.30. The molecular weight excluding hydrogens is 865 g/mol. The fraction of sp³-hybridized carbons (Fsp3) is 0.766. The monoisotopic (exact) mass is 977 g/mol. The first-order valence-corrected chi connectivity index (χ1v) is 29.9. The van der Waals surface area contributed by atoms with Crippen LogP contribution in [0.25, 0.3) is 0 Å². The zero-order valence-corrected chi connectivity index (χ0v) is 46.3. The van der Waals surface area contributed by atoms with Gasteiger partial charge in [-0.05, 0) is 89.9 Å². The molecule has 0 aliphatic carbocycles. The van der Waals surface area contributed by atoms with Gasteiger partial charge in [0.15, 0.2) is 6.10 Å². The first-order chi connectivity index (χ1) is 34.5. The van der Waals surface area contributed by atoms with E-state index in [1.807, 2.05) is 0 Å². The minimum Gasteiger partial charge on any atom is -0.462 e. The molecule has 0 N–H and O–H groups in total. The molecule has 0 saturated heterocycles. The Morgan fingerprint density at radius 3 is 0.886 bits per heavy atom. The summed E-state index contributed by atoms with van der Waals surface area (Å²) in [6.45, 7) is 6.53. The van der Waals surface area contributed by atoms with E-state index in [-0.39, 0.29) is 31.1 Å². The van der Waals surface area contributed by atoms with E-state index in [0.29, 0.717) is 19.3 Å². The molecule has 0 heterocycles. The van der Waals surface area contributed by atoms with Crippen LogP contribution in [0, 0.1) is 0 Å². The van der Waals surface area contributed by atoms with Crippen molar-refractivity contribution >= 4 is 17.9 Å². The highest BCUT2D eigenvalue weighted by atomic mass is 16.6. The average Bonchev–Trinajstić information content (AvgIpc) is 3.36. The van der Waals surface area contributed by atoms with Crippen molar-refractivity contribution in [2.75, 3.05) is 13.2 Å². The van der Waals surface area contributed by atoms with Gasteiger partial charge in [-0.1, -0.05) is 261 Å². The molecule has 70 heavy (non-hydrogen) atoms. The highest BCUT2D eigenvalue weighted by molar-refractivity contribution is 5.71. The van der Waals surface area contributed by atoms with E-state index in [2.05, 4.69) is 93.7 Å². The summed E-state index contributed by atoms with van der Waals surface area (Å²) in [4.78, 5) is 38.2. The largest absolute Gasteiger partial charge is 0.462 e. The van der Waals surface area contributed by atoms with Crippen LogP contribution in [0.2, 0.25) is 0 Å². The maximum atomic E-state index is 12.9. The van der Waals surface area contributed by atoms with Crippen LogP contribution in [0.5, 0.6) is 0 Å². The van der Waals surface area contributed by atoms with Crippen molar-refractivity contribution in [2.45, 2.75) is 303 Å². The standard InChI is InChI=1S/C64H112O6/c1-4-7-10-13-16-19-22-25-28-30-31-32-33-35-36-39-42-45-48-51-54-57-63(66)69-60-61(59-68-62(65)56-53-50-47-44-41-38-27-24-21-18-15-12-9-6-3)70-64(67)58-55-52-49-46-43-40-37-34-29-26-23-20-17-14-11-8-5-2/h7,10,16,19,25-26,28-29,31-32,35-36,61H,4-6,8-9,11-15,17-18,20-24,27,30,33-34,37-60H2,1-3H3/b10-7-,19-16-,28-25-,29-26-,32-31-,36-35-. The number of esters is 3. The molecule has 0 bridgehead atoms. The number of allylic oxidation sites excluding steroid dienone is 12. The van der Waals surface area contributed by atoms with Gasteiger partial charge in [0.25, 0.3) is 0 Å². The Morgan fingerprint density at radius 2 is 0.557 bits per heavy atom. The van der Waals surface area contributed by atoms with Gasteiger partial charge in [0.1, 0.15) is 13.2 Å². The molecule has 0 rings (SSSR count). The van der Waals surface area contributed by atoms with E-state index in [4.69, 9.17) is 14.2 Å². The Kier molecular flexibility index (Phi) is 55.8. The van der Waals surface area contributed by atoms with Crippen molar-refractivity contribution in [1.82, 2.24) is 0 Å². The zero-order chi connectivity index (χ0) is 50.7. The van der Waals surface area contributed by atoms with Gasteiger partial charge in [0, 0.05) is 19.3 Å². The SMILES string of the molecule is CC/C=C\C/C=C\C/C=C\C/C=C\C/C=C\CCCCCCCC(=O)OCC(COC(=O)CCCCCCCCCCCCCCCC)OC(=O)CCCCCCCCC/C=C\CCCCCCCC. The van der Waals surface area contributed by atoms with Crippen LogP contribution in [-0.2, 0) is 28.6 Å². The van der Waals surface area contributed by atoms with Crippen LogP contribution >= 0.6 is 0 Å². The minimum absolute atomic E-state index is 0.0808. The Bertz CT molecular complexity index is 1310. The molecule has 0 aromatic rings. The average molecular weight is 978 g/mol. The van der Waals surface area contributed by atoms with Gasteiger partial charge in [-0.25, -0.2) is 0 Å². The van der Waals surface area contributed by atoms with E-state index in [9.17, 15) is 14.4 Å². The van der Waals surface area contributed by atoms with Crippen LogP contribution in [0.15, 0.2) is 72.9 Å². The topological polar surface area (TPSA) is 78.9 Å². The van der Waals surface area contributed by atoms with Crippen LogP contribution in [-0.4, -0.2) is 37.2 Å². The number of hydrogen-bond acceptors (Lipinski definition) is 6. The third kappa shape index (κ3) is 55.8. The molecule has 0 aliphatic heterocycles. The predicted molar refractivity (Wildman–Crippen MR) is 302 cm³/mol. The molecule has 0 aromatic carbocycles.